The van der Waals surface area contributed by atoms with Crippen LogP contribution in [0, 0.1) is 5.92 Å². The third-order valence-electron chi connectivity index (χ3n) is 4.06. The van der Waals surface area contributed by atoms with Gasteiger partial charge in [-0.15, -0.1) is 0 Å². The molecule has 2 aliphatic heterocycles. The van der Waals surface area contributed by atoms with Gasteiger partial charge in [0, 0.05) is 30.6 Å². The smallest absolute Gasteiger partial charge is 0.326 e. The molecule has 0 aliphatic carbocycles. The van der Waals surface area contributed by atoms with Gasteiger partial charge in [-0.2, -0.15) is 11.8 Å². The predicted octanol–water partition coefficient (Wildman–Crippen LogP) is 1.73. The van der Waals surface area contributed by atoms with Gasteiger partial charge in [0.05, 0.1) is 0 Å². The van der Waals surface area contributed by atoms with E-state index in [0.29, 0.717) is 11.8 Å². The van der Waals surface area contributed by atoms with E-state index in [4.69, 9.17) is 0 Å². The molecule has 2 saturated heterocycles. The van der Waals surface area contributed by atoms with Crippen LogP contribution >= 0.6 is 11.8 Å². The molecule has 3 unspecified atom stereocenters. The topological polar surface area (TPSA) is 60.9 Å². The van der Waals surface area contributed by atoms with E-state index in [9.17, 15) is 14.7 Å². The summed E-state index contributed by atoms with van der Waals surface area (Å²) in [6.45, 7) is 6.09. The number of nitrogens with zero attached hydrogens (tertiary/aromatic N) is 2. The van der Waals surface area contributed by atoms with E-state index < -0.39 is 12.0 Å². The van der Waals surface area contributed by atoms with Gasteiger partial charge in [-0.1, -0.05) is 13.8 Å². The second-order valence-corrected chi connectivity index (χ2v) is 6.78. The van der Waals surface area contributed by atoms with Crippen molar-refractivity contribution in [2.75, 3.05) is 25.4 Å². The molecular formula is C13H22N2O3S. The molecule has 0 saturated carbocycles. The standard InChI is InChI=1S/C13H22N2O3S/c1-3-10-8-14(6-7-19-10)13(18)15-5-4-9(2)11(15)12(16)17/h9-11H,3-8H2,1-2H3,(H,16,17). The number of carbonyl (C=O) groups excluding carboxylic acids is 1. The van der Waals surface area contributed by atoms with Crippen LogP contribution in [0.25, 0.3) is 0 Å². The maximum absolute atomic E-state index is 12.5. The number of carbonyl (C=O) groups is 2. The molecule has 0 aromatic carbocycles. The molecule has 0 radical (unpaired) electrons. The van der Waals surface area contributed by atoms with Crippen molar-refractivity contribution in [2.45, 2.75) is 38.0 Å². The average molecular weight is 286 g/mol. The fourth-order valence-corrected chi connectivity index (χ4v) is 4.04. The number of amides is 2. The number of carboxylic acids is 1. The van der Waals surface area contributed by atoms with Crippen LogP contribution in [0.5, 0.6) is 0 Å². The summed E-state index contributed by atoms with van der Waals surface area (Å²) in [4.78, 5) is 27.2. The van der Waals surface area contributed by atoms with E-state index >= 15 is 0 Å². The van der Waals surface area contributed by atoms with E-state index in [2.05, 4.69) is 6.92 Å². The first-order chi connectivity index (χ1) is 9.04. The van der Waals surface area contributed by atoms with E-state index in [0.717, 1.165) is 31.7 Å². The van der Waals surface area contributed by atoms with Gasteiger partial charge < -0.3 is 14.9 Å². The van der Waals surface area contributed by atoms with Crippen molar-refractivity contribution >= 4 is 23.8 Å². The zero-order valence-corrected chi connectivity index (χ0v) is 12.4. The number of urea groups is 1. The Hall–Kier alpha value is -0.910. The van der Waals surface area contributed by atoms with Crippen molar-refractivity contribution in [3.05, 3.63) is 0 Å². The van der Waals surface area contributed by atoms with E-state index in [1.54, 1.807) is 4.90 Å². The summed E-state index contributed by atoms with van der Waals surface area (Å²) < 4.78 is 0. The molecule has 1 N–H and O–H groups in total. The Labute approximate surface area is 118 Å². The van der Waals surface area contributed by atoms with Crippen LogP contribution < -0.4 is 0 Å². The van der Waals surface area contributed by atoms with E-state index in [-0.39, 0.29) is 11.9 Å². The first-order valence-electron chi connectivity index (χ1n) is 6.94. The Kier molecular flexibility index (Phi) is 4.60. The predicted molar refractivity (Wildman–Crippen MR) is 75.4 cm³/mol. The highest BCUT2D eigenvalue weighted by atomic mass is 32.2. The average Bonchev–Trinajstić information content (AvgIpc) is 2.80. The van der Waals surface area contributed by atoms with Crippen LogP contribution in [0.15, 0.2) is 0 Å². The Balaban J connectivity index is 2.04. The lowest BCUT2D eigenvalue weighted by Crippen LogP contribution is -2.52. The van der Waals surface area contributed by atoms with Crippen molar-refractivity contribution in [1.82, 2.24) is 9.80 Å². The molecule has 5 nitrogen and oxygen atoms in total. The van der Waals surface area contributed by atoms with Gasteiger partial charge in [-0.3, -0.25) is 0 Å². The molecule has 6 heteroatoms. The van der Waals surface area contributed by atoms with Gasteiger partial charge in [-0.25, -0.2) is 9.59 Å². The van der Waals surface area contributed by atoms with Crippen LogP contribution in [0.1, 0.15) is 26.7 Å². The van der Waals surface area contributed by atoms with Crippen molar-refractivity contribution < 1.29 is 14.7 Å². The third kappa shape index (κ3) is 2.99. The number of hydrogen-bond acceptors (Lipinski definition) is 3. The Bertz CT molecular complexity index is 364. The second kappa shape index (κ2) is 6.03. The number of hydrogen-bond donors (Lipinski definition) is 1. The molecule has 19 heavy (non-hydrogen) atoms. The molecule has 0 spiro atoms. The number of aliphatic carboxylic acids is 1. The van der Waals surface area contributed by atoms with Gasteiger partial charge in [0.25, 0.3) is 0 Å². The molecule has 0 aromatic rings. The minimum atomic E-state index is -0.878. The summed E-state index contributed by atoms with van der Waals surface area (Å²) >= 11 is 1.91. The lowest BCUT2D eigenvalue weighted by Gasteiger charge is -2.36. The molecule has 3 atom stereocenters. The molecule has 2 amide bonds. The number of likely N-dealkylation sites (tertiary alicyclic amines) is 1. The summed E-state index contributed by atoms with van der Waals surface area (Å²) in [6.07, 6.45) is 1.83. The highest BCUT2D eigenvalue weighted by molar-refractivity contribution is 8.00. The molecule has 0 aromatic heterocycles. The molecule has 2 aliphatic rings. The zero-order chi connectivity index (χ0) is 14.0. The molecule has 2 fully saturated rings. The maximum Gasteiger partial charge on any atom is 0.326 e. The highest BCUT2D eigenvalue weighted by Crippen LogP contribution is 2.27. The first kappa shape index (κ1) is 14.5. The summed E-state index contributed by atoms with van der Waals surface area (Å²) in [7, 11) is 0. The van der Waals surface area contributed by atoms with Gasteiger partial charge in [0.1, 0.15) is 6.04 Å². The fourth-order valence-electron chi connectivity index (χ4n) is 2.86. The summed E-state index contributed by atoms with van der Waals surface area (Å²) in [6, 6.07) is -0.738. The van der Waals surface area contributed by atoms with Crippen LogP contribution in [-0.4, -0.2) is 63.6 Å². The maximum atomic E-state index is 12.5. The third-order valence-corrected chi connectivity index (χ3v) is 5.44. The molecule has 108 valence electrons. The van der Waals surface area contributed by atoms with Crippen molar-refractivity contribution in [3.63, 3.8) is 0 Å². The summed E-state index contributed by atoms with van der Waals surface area (Å²) in [5.41, 5.74) is 0. The summed E-state index contributed by atoms with van der Waals surface area (Å²) in [5, 5.41) is 9.77. The van der Waals surface area contributed by atoms with Crippen molar-refractivity contribution in [1.29, 1.82) is 0 Å². The van der Waals surface area contributed by atoms with Gasteiger partial charge in [0.15, 0.2) is 0 Å². The Morgan fingerprint density at radius 1 is 1.37 bits per heavy atom. The zero-order valence-electron chi connectivity index (χ0n) is 11.5. The lowest BCUT2D eigenvalue weighted by molar-refractivity contribution is -0.142. The Morgan fingerprint density at radius 3 is 2.74 bits per heavy atom. The minimum Gasteiger partial charge on any atom is -0.480 e. The number of rotatable bonds is 2. The van der Waals surface area contributed by atoms with E-state index in [1.807, 2.05) is 23.6 Å². The minimum absolute atomic E-state index is 0.0441. The van der Waals surface area contributed by atoms with Crippen molar-refractivity contribution in [3.8, 4) is 0 Å². The largest absolute Gasteiger partial charge is 0.480 e. The van der Waals surface area contributed by atoms with E-state index in [1.165, 1.54) is 0 Å². The van der Waals surface area contributed by atoms with Gasteiger partial charge in [-0.05, 0) is 18.8 Å². The molecule has 2 heterocycles. The molecule has 0 bridgehead atoms. The fraction of sp³-hybridized carbons (Fsp3) is 0.846. The van der Waals surface area contributed by atoms with Crippen LogP contribution in [0.4, 0.5) is 4.79 Å². The SMILES string of the molecule is CCC1CN(C(=O)N2CCC(C)C2C(=O)O)CCS1. The van der Waals surface area contributed by atoms with Crippen LogP contribution in [-0.2, 0) is 4.79 Å². The molecule has 2 rings (SSSR count). The monoisotopic (exact) mass is 286 g/mol. The summed E-state index contributed by atoms with van der Waals surface area (Å²) in [5.74, 6) is 0.116. The van der Waals surface area contributed by atoms with Crippen molar-refractivity contribution in [2.24, 2.45) is 5.92 Å². The van der Waals surface area contributed by atoms with Crippen LogP contribution in [0.3, 0.4) is 0 Å². The van der Waals surface area contributed by atoms with Gasteiger partial charge in [0.2, 0.25) is 0 Å². The lowest BCUT2D eigenvalue weighted by atomic mass is 10.0. The molecular weight excluding hydrogens is 264 g/mol. The normalized spacial score (nSPS) is 31.6. The highest BCUT2D eigenvalue weighted by Gasteiger charge is 2.41. The quantitative estimate of drug-likeness (QED) is 0.840. The number of thioether (sulfide) groups is 1. The number of carboxylic acid groups (broad SMARTS) is 1. The van der Waals surface area contributed by atoms with Gasteiger partial charge >= 0.3 is 12.0 Å². The first-order valence-corrected chi connectivity index (χ1v) is 7.99. The van der Waals surface area contributed by atoms with Crippen LogP contribution in [0.2, 0.25) is 0 Å². The Morgan fingerprint density at radius 2 is 2.11 bits per heavy atom. The second-order valence-electron chi connectivity index (χ2n) is 5.37.